The van der Waals surface area contributed by atoms with Crippen LogP contribution in [0.3, 0.4) is 0 Å². The van der Waals surface area contributed by atoms with Crippen molar-refractivity contribution < 1.29 is 14.6 Å². The molecule has 1 aromatic rings. The first-order valence-electron chi connectivity index (χ1n) is 6.60. The molecule has 1 heterocycles. The molecule has 20 heavy (non-hydrogen) atoms. The summed E-state index contributed by atoms with van der Waals surface area (Å²) in [6, 6.07) is 7.28. The number of aliphatic carboxylic acids is 1. The van der Waals surface area contributed by atoms with Gasteiger partial charge in [-0.2, -0.15) is 0 Å². The number of carboxylic acid groups (broad SMARTS) is 1. The Labute approximate surface area is 128 Å². The first-order chi connectivity index (χ1) is 9.65. The molecule has 6 heteroatoms. The van der Waals surface area contributed by atoms with Gasteiger partial charge in [0.25, 0.3) is 0 Å². The quantitative estimate of drug-likeness (QED) is 0.818. The third-order valence-electron chi connectivity index (χ3n) is 3.18. The van der Waals surface area contributed by atoms with Gasteiger partial charge in [0.2, 0.25) is 0 Å². The maximum Gasteiger partial charge on any atom is 0.317 e. The maximum absolute atomic E-state index is 11.4. The molecule has 0 bridgehead atoms. The van der Waals surface area contributed by atoms with Gasteiger partial charge in [-0.25, -0.2) is 0 Å². The zero-order valence-corrected chi connectivity index (χ0v) is 12.7. The van der Waals surface area contributed by atoms with Gasteiger partial charge in [-0.1, -0.05) is 11.6 Å². The largest absolute Gasteiger partial charge is 0.480 e. The van der Waals surface area contributed by atoms with Crippen molar-refractivity contribution in [2.24, 2.45) is 0 Å². The minimum absolute atomic E-state index is 0.431. The van der Waals surface area contributed by atoms with Crippen LogP contribution in [0.15, 0.2) is 29.2 Å². The van der Waals surface area contributed by atoms with Gasteiger partial charge in [-0.15, -0.1) is 11.8 Å². The highest BCUT2D eigenvalue weighted by Gasteiger charge is 2.21. The van der Waals surface area contributed by atoms with Crippen molar-refractivity contribution in [1.29, 1.82) is 0 Å². The van der Waals surface area contributed by atoms with E-state index >= 15 is 0 Å². The van der Waals surface area contributed by atoms with Gasteiger partial charge in [-0.05, 0) is 37.2 Å². The van der Waals surface area contributed by atoms with Crippen molar-refractivity contribution in [2.45, 2.75) is 16.6 Å². The summed E-state index contributed by atoms with van der Waals surface area (Å²) in [5.41, 5.74) is 0. The highest BCUT2D eigenvalue weighted by atomic mass is 35.5. The van der Waals surface area contributed by atoms with E-state index in [0.29, 0.717) is 11.4 Å². The molecule has 0 aromatic heterocycles. The Morgan fingerprint density at radius 2 is 2.00 bits per heavy atom. The number of halogens is 1. The standard InChI is InChI=1S/C14H18ClNO3S/c15-11-1-3-12(4-2-11)20-13(14(17)18)5-6-16-7-9-19-10-8-16/h1-4,13H,5-10H2,(H,17,18). The fourth-order valence-electron chi connectivity index (χ4n) is 2.03. The summed E-state index contributed by atoms with van der Waals surface area (Å²) in [4.78, 5) is 14.5. The van der Waals surface area contributed by atoms with Gasteiger partial charge >= 0.3 is 5.97 Å². The minimum atomic E-state index is -0.766. The summed E-state index contributed by atoms with van der Waals surface area (Å²) in [7, 11) is 0. The molecule has 1 saturated heterocycles. The summed E-state index contributed by atoms with van der Waals surface area (Å²) >= 11 is 7.21. The van der Waals surface area contributed by atoms with Gasteiger partial charge in [0.05, 0.1) is 13.2 Å². The lowest BCUT2D eigenvalue weighted by Gasteiger charge is -2.27. The number of rotatable bonds is 6. The topological polar surface area (TPSA) is 49.8 Å². The van der Waals surface area contributed by atoms with Crippen molar-refractivity contribution >= 4 is 29.3 Å². The van der Waals surface area contributed by atoms with Crippen LogP contribution < -0.4 is 0 Å². The SMILES string of the molecule is O=C(O)C(CCN1CCOCC1)Sc1ccc(Cl)cc1. The van der Waals surface area contributed by atoms with Gasteiger partial charge in [0.1, 0.15) is 5.25 Å². The van der Waals surface area contributed by atoms with Gasteiger partial charge in [0, 0.05) is 23.0 Å². The lowest BCUT2D eigenvalue weighted by molar-refractivity contribution is -0.136. The van der Waals surface area contributed by atoms with E-state index in [2.05, 4.69) is 4.90 Å². The number of carbonyl (C=O) groups is 1. The number of ether oxygens (including phenoxy) is 1. The van der Waals surface area contributed by atoms with Crippen molar-refractivity contribution in [3.05, 3.63) is 29.3 Å². The van der Waals surface area contributed by atoms with Gasteiger partial charge in [-0.3, -0.25) is 9.69 Å². The summed E-state index contributed by atoms with van der Waals surface area (Å²) in [6.45, 7) is 4.04. The summed E-state index contributed by atoms with van der Waals surface area (Å²) in [5.74, 6) is -0.766. The average Bonchev–Trinajstić information content (AvgIpc) is 2.46. The Morgan fingerprint density at radius 1 is 1.35 bits per heavy atom. The third kappa shape index (κ3) is 4.98. The zero-order valence-electron chi connectivity index (χ0n) is 11.1. The van der Waals surface area contributed by atoms with Crippen molar-refractivity contribution in [3.8, 4) is 0 Å². The number of carboxylic acids is 1. The second kappa shape index (κ2) is 7.88. The fraction of sp³-hybridized carbons (Fsp3) is 0.500. The van der Waals surface area contributed by atoms with E-state index in [-0.39, 0.29) is 0 Å². The number of thioether (sulfide) groups is 1. The summed E-state index contributed by atoms with van der Waals surface area (Å²) in [5, 5.41) is 9.56. The van der Waals surface area contributed by atoms with E-state index in [1.807, 2.05) is 12.1 Å². The van der Waals surface area contributed by atoms with E-state index in [4.69, 9.17) is 16.3 Å². The van der Waals surface area contributed by atoms with Crippen molar-refractivity contribution in [2.75, 3.05) is 32.8 Å². The van der Waals surface area contributed by atoms with E-state index in [0.717, 1.165) is 37.7 Å². The van der Waals surface area contributed by atoms with Crippen LogP contribution in [-0.4, -0.2) is 54.1 Å². The minimum Gasteiger partial charge on any atom is -0.480 e. The first-order valence-corrected chi connectivity index (χ1v) is 7.86. The van der Waals surface area contributed by atoms with Gasteiger partial charge in [0.15, 0.2) is 0 Å². The van der Waals surface area contributed by atoms with E-state index < -0.39 is 11.2 Å². The van der Waals surface area contributed by atoms with Crippen molar-refractivity contribution in [1.82, 2.24) is 4.90 Å². The molecule has 0 amide bonds. The van der Waals surface area contributed by atoms with E-state index in [9.17, 15) is 9.90 Å². The summed E-state index contributed by atoms with van der Waals surface area (Å²) in [6.07, 6.45) is 0.628. The molecule has 0 aliphatic carbocycles. The second-order valence-electron chi connectivity index (χ2n) is 4.64. The fourth-order valence-corrected chi connectivity index (χ4v) is 3.11. The van der Waals surface area contributed by atoms with Crippen LogP contribution in [0.2, 0.25) is 5.02 Å². The lowest BCUT2D eigenvalue weighted by Crippen LogP contribution is -2.38. The Kier molecular flexibility index (Phi) is 6.16. The molecule has 110 valence electrons. The molecule has 1 aromatic carbocycles. The number of morpholine rings is 1. The normalized spacial score (nSPS) is 17.9. The maximum atomic E-state index is 11.4. The van der Waals surface area contributed by atoms with Crippen LogP contribution in [0.25, 0.3) is 0 Å². The molecule has 0 saturated carbocycles. The van der Waals surface area contributed by atoms with E-state index in [1.54, 1.807) is 12.1 Å². The molecule has 1 aliphatic heterocycles. The van der Waals surface area contributed by atoms with Crippen LogP contribution in [0.5, 0.6) is 0 Å². The predicted octanol–water partition coefficient (Wildman–Crippen LogP) is 2.61. The Hall–Kier alpha value is -0.750. The number of hydrogen-bond donors (Lipinski definition) is 1. The third-order valence-corrected chi connectivity index (χ3v) is 4.70. The van der Waals surface area contributed by atoms with Crippen LogP contribution in [0.4, 0.5) is 0 Å². The molecule has 2 rings (SSSR count). The molecule has 0 radical (unpaired) electrons. The molecule has 1 aliphatic rings. The Morgan fingerprint density at radius 3 is 2.60 bits per heavy atom. The lowest BCUT2D eigenvalue weighted by atomic mass is 10.2. The number of benzene rings is 1. The number of nitrogens with zero attached hydrogens (tertiary/aromatic N) is 1. The van der Waals surface area contributed by atoms with Crippen LogP contribution in [0, 0.1) is 0 Å². The second-order valence-corrected chi connectivity index (χ2v) is 6.35. The Bertz CT molecular complexity index is 435. The predicted molar refractivity (Wildman–Crippen MR) is 80.6 cm³/mol. The molecule has 1 N–H and O–H groups in total. The van der Waals surface area contributed by atoms with Crippen LogP contribution in [0.1, 0.15) is 6.42 Å². The molecule has 0 spiro atoms. The smallest absolute Gasteiger partial charge is 0.317 e. The van der Waals surface area contributed by atoms with Crippen LogP contribution in [-0.2, 0) is 9.53 Å². The molecular formula is C14H18ClNO3S. The molecular weight excluding hydrogens is 298 g/mol. The zero-order chi connectivity index (χ0) is 14.4. The number of hydrogen-bond acceptors (Lipinski definition) is 4. The van der Waals surface area contributed by atoms with Crippen LogP contribution >= 0.6 is 23.4 Å². The first kappa shape index (κ1) is 15.6. The van der Waals surface area contributed by atoms with Gasteiger partial charge < -0.3 is 9.84 Å². The Balaban J connectivity index is 1.86. The molecule has 1 atom stereocenters. The average molecular weight is 316 g/mol. The highest BCUT2D eigenvalue weighted by molar-refractivity contribution is 8.00. The van der Waals surface area contributed by atoms with Crippen molar-refractivity contribution in [3.63, 3.8) is 0 Å². The highest BCUT2D eigenvalue weighted by Crippen LogP contribution is 2.27. The van der Waals surface area contributed by atoms with E-state index in [1.165, 1.54) is 11.8 Å². The molecule has 4 nitrogen and oxygen atoms in total. The summed E-state index contributed by atoms with van der Waals surface area (Å²) < 4.78 is 5.29. The molecule has 1 unspecified atom stereocenters. The molecule has 1 fully saturated rings. The monoisotopic (exact) mass is 315 g/mol.